The van der Waals surface area contributed by atoms with Gasteiger partial charge in [0.2, 0.25) is 11.8 Å². The number of benzene rings is 1. The lowest BCUT2D eigenvalue weighted by atomic mass is 9.91. The Labute approximate surface area is 131 Å². The Hall–Kier alpha value is -2.39. The Morgan fingerprint density at radius 1 is 1.27 bits per heavy atom. The fourth-order valence-electron chi connectivity index (χ4n) is 1.67. The summed E-state index contributed by atoms with van der Waals surface area (Å²) in [6, 6.07) is 8.58. The van der Waals surface area contributed by atoms with Gasteiger partial charge in [-0.25, -0.2) is 0 Å². The summed E-state index contributed by atoms with van der Waals surface area (Å²) < 4.78 is 0. The molecule has 0 saturated carbocycles. The van der Waals surface area contributed by atoms with Gasteiger partial charge in [0.05, 0.1) is 11.6 Å². The molecule has 0 aliphatic carbocycles. The number of nitriles is 1. The first kappa shape index (κ1) is 17.7. The van der Waals surface area contributed by atoms with Crippen LogP contribution in [-0.2, 0) is 9.59 Å². The monoisotopic (exact) mass is 302 g/mol. The van der Waals surface area contributed by atoms with E-state index >= 15 is 0 Å². The zero-order valence-corrected chi connectivity index (χ0v) is 13.4. The van der Waals surface area contributed by atoms with Gasteiger partial charge in [-0.2, -0.15) is 5.26 Å². The summed E-state index contributed by atoms with van der Waals surface area (Å²) in [4.78, 5) is 26.4. The molecule has 0 saturated heterocycles. The molecule has 0 radical (unpaired) electrons. The maximum Gasteiger partial charge on any atom is 0.239 e. The number of carbonyl (C=O) groups excluding carboxylic acids is 2. The summed E-state index contributed by atoms with van der Waals surface area (Å²) in [6.45, 7) is 4.32. The standard InChI is InChI=1S/C16H22N4O2/c1-16(2,14(21)18-8-9-20(3)4)15(22)19-13-7-5-6-12(10-13)11-17/h5-7,10H,8-9H2,1-4H3,(H,18,21)(H,19,22). The van der Waals surface area contributed by atoms with E-state index in [4.69, 9.17) is 5.26 Å². The molecule has 0 bridgehead atoms. The van der Waals surface area contributed by atoms with Gasteiger partial charge < -0.3 is 15.5 Å². The van der Waals surface area contributed by atoms with Crippen LogP contribution in [0.4, 0.5) is 5.69 Å². The highest BCUT2D eigenvalue weighted by Crippen LogP contribution is 2.19. The Morgan fingerprint density at radius 3 is 2.55 bits per heavy atom. The van der Waals surface area contributed by atoms with Crippen LogP contribution in [0, 0.1) is 16.7 Å². The Balaban J connectivity index is 2.69. The molecule has 2 N–H and O–H groups in total. The summed E-state index contributed by atoms with van der Waals surface area (Å²) in [7, 11) is 3.82. The van der Waals surface area contributed by atoms with Crippen molar-refractivity contribution in [3.05, 3.63) is 29.8 Å². The molecule has 0 heterocycles. The highest BCUT2D eigenvalue weighted by Gasteiger charge is 2.35. The number of likely N-dealkylation sites (N-methyl/N-ethyl adjacent to an activating group) is 1. The van der Waals surface area contributed by atoms with Crippen LogP contribution in [0.15, 0.2) is 24.3 Å². The zero-order chi connectivity index (χ0) is 16.8. The molecule has 22 heavy (non-hydrogen) atoms. The molecule has 1 aromatic carbocycles. The SMILES string of the molecule is CN(C)CCNC(=O)C(C)(C)C(=O)Nc1cccc(C#N)c1. The van der Waals surface area contributed by atoms with Crippen LogP contribution in [0.3, 0.4) is 0 Å². The number of hydrogen-bond acceptors (Lipinski definition) is 4. The van der Waals surface area contributed by atoms with Crippen LogP contribution in [0.1, 0.15) is 19.4 Å². The minimum absolute atomic E-state index is 0.330. The minimum Gasteiger partial charge on any atom is -0.354 e. The first-order valence-corrected chi connectivity index (χ1v) is 7.02. The average molecular weight is 302 g/mol. The van der Waals surface area contributed by atoms with Crippen molar-refractivity contribution in [2.24, 2.45) is 5.41 Å². The van der Waals surface area contributed by atoms with Gasteiger partial charge in [0.1, 0.15) is 5.41 Å². The minimum atomic E-state index is -1.20. The van der Waals surface area contributed by atoms with Crippen molar-refractivity contribution in [3.63, 3.8) is 0 Å². The third-order valence-corrected chi connectivity index (χ3v) is 3.23. The number of rotatable bonds is 6. The van der Waals surface area contributed by atoms with Crippen LogP contribution in [0.5, 0.6) is 0 Å². The number of nitrogens with one attached hydrogen (secondary N) is 2. The van der Waals surface area contributed by atoms with Crippen LogP contribution >= 0.6 is 0 Å². The highest BCUT2D eigenvalue weighted by molar-refractivity contribution is 6.09. The van der Waals surface area contributed by atoms with Crippen molar-refractivity contribution in [2.45, 2.75) is 13.8 Å². The van der Waals surface area contributed by atoms with Gasteiger partial charge in [-0.1, -0.05) is 6.07 Å². The molecule has 0 aliphatic rings. The molecular weight excluding hydrogens is 280 g/mol. The fraction of sp³-hybridized carbons (Fsp3) is 0.438. The van der Waals surface area contributed by atoms with Gasteiger partial charge in [-0.15, -0.1) is 0 Å². The number of anilines is 1. The van der Waals surface area contributed by atoms with Crippen molar-refractivity contribution in [1.82, 2.24) is 10.2 Å². The lowest BCUT2D eigenvalue weighted by Crippen LogP contribution is -2.46. The lowest BCUT2D eigenvalue weighted by molar-refractivity contribution is -0.138. The predicted molar refractivity (Wildman–Crippen MR) is 85.1 cm³/mol. The first-order valence-electron chi connectivity index (χ1n) is 7.02. The number of hydrogen-bond donors (Lipinski definition) is 2. The Morgan fingerprint density at radius 2 is 1.95 bits per heavy atom. The first-order chi connectivity index (χ1) is 10.3. The largest absolute Gasteiger partial charge is 0.354 e. The maximum atomic E-state index is 12.3. The van der Waals surface area contributed by atoms with E-state index < -0.39 is 11.3 Å². The van der Waals surface area contributed by atoms with Crippen molar-refractivity contribution in [2.75, 3.05) is 32.5 Å². The normalized spacial score (nSPS) is 10.9. The second-order valence-corrected chi connectivity index (χ2v) is 5.83. The molecule has 1 rings (SSSR count). The molecule has 1 aromatic rings. The lowest BCUT2D eigenvalue weighted by Gasteiger charge is -2.23. The number of carbonyl (C=O) groups is 2. The van der Waals surface area contributed by atoms with Crippen molar-refractivity contribution >= 4 is 17.5 Å². The highest BCUT2D eigenvalue weighted by atomic mass is 16.2. The van der Waals surface area contributed by atoms with Gasteiger partial charge in [0, 0.05) is 18.8 Å². The second kappa shape index (κ2) is 7.57. The van der Waals surface area contributed by atoms with Gasteiger partial charge in [-0.05, 0) is 46.1 Å². The van der Waals surface area contributed by atoms with Gasteiger partial charge in [0.15, 0.2) is 0 Å². The number of nitrogens with zero attached hydrogens (tertiary/aromatic N) is 2. The smallest absolute Gasteiger partial charge is 0.239 e. The average Bonchev–Trinajstić information content (AvgIpc) is 2.46. The zero-order valence-electron chi connectivity index (χ0n) is 13.4. The third-order valence-electron chi connectivity index (χ3n) is 3.23. The Bertz CT molecular complexity index is 588. The molecule has 0 aliphatic heterocycles. The van der Waals surface area contributed by atoms with Gasteiger partial charge >= 0.3 is 0 Å². The molecular formula is C16H22N4O2. The van der Waals surface area contributed by atoms with Crippen LogP contribution < -0.4 is 10.6 Å². The predicted octanol–water partition coefficient (Wildman–Crippen LogP) is 1.20. The van der Waals surface area contributed by atoms with Crippen LogP contribution in [0.25, 0.3) is 0 Å². The van der Waals surface area contributed by atoms with E-state index in [1.165, 1.54) is 0 Å². The van der Waals surface area contributed by atoms with E-state index in [0.717, 1.165) is 0 Å². The van der Waals surface area contributed by atoms with E-state index in [-0.39, 0.29) is 5.91 Å². The molecule has 6 heteroatoms. The molecule has 2 amide bonds. The van der Waals surface area contributed by atoms with Crippen molar-refractivity contribution in [1.29, 1.82) is 5.26 Å². The van der Waals surface area contributed by atoms with Crippen molar-refractivity contribution in [3.8, 4) is 6.07 Å². The third kappa shape index (κ3) is 4.86. The summed E-state index contributed by atoms with van der Waals surface area (Å²) >= 11 is 0. The summed E-state index contributed by atoms with van der Waals surface area (Å²) in [5, 5.41) is 14.3. The van der Waals surface area contributed by atoms with E-state index in [1.807, 2.05) is 25.1 Å². The molecule has 6 nitrogen and oxygen atoms in total. The van der Waals surface area contributed by atoms with Gasteiger partial charge in [-0.3, -0.25) is 9.59 Å². The van der Waals surface area contributed by atoms with Gasteiger partial charge in [0.25, 0.3) is 0 Å². The quantitative estimate of drug-likeness (QED) is 0.773. The molecule has 0 unspecified atom stereocenters. The second-order valence-electron chi connectivity index (χ2n) is 5.83. The topological polar surface area (TPSA) is 85.2 Å². The van der Waals surface area contributed by atoms with E-state index in [1.54, 1.807) is 38.1 Å². The van der Waals surface area contributed by atoms with Crippen LogP contribution in [0.2, 0.25) is 0 Å². The fourth-order valence-corrected chi connectivity index (χ4v) is 1.67. The summed E-state index contributed by atoms with van der Waals surface area (Å²) in [6.07, 6.45) is 0. The molecule has 0 aromatic heterocycles. The molecule has 0 spiro atoms. The van der Waals surface area contributed by atoms with E-state index in [9.17, 15) is 9.59 Å². The summed E-state index contributed by atoms with van der Waals surface area (Å²) in [5.74, 6) is -0.742. The number of amides is 2. The molecule has 0 atom stereocenters. The van der Waals surface area contributed by atoms with E-state index in [0.29, 0.717) is 24.3 Å². The Kier molecular flexibility index (Phi) is 6.08. The summed E-state index contributed by atoms with van der Waals surface area (Å²) in [5.41, 5.74) is -0.251. The van der Waals surface area contributed by atoms with Crippen molar-refractivity contribution < 1.29 is 9.59 Å². The molecule has 0 fully saturated rings. The molecule has 118 valence electrons. The van der Waals surface area contributed by atoms with Crippen LogP contribution in [-0.4, -0.2) is 43.9 Å². The maximum absolute atomic E-state index is 12.3. The van der Waals surface area contributed by atoms with E-state index in [2.05, 4.69) is 10.6 Å².